The second-order valence-corrected chi connectivity index (χ2v) is 2.86. The summed E-state index contributed by atoms with van der Waals surface area (Å²) in [7, 11) is 0. The van der Waals surface area contributed by atoms with Crippen LogP contribution < -0.4 is 0 Å². The van der Waals surface area contributed by atoms with Gasteiger partial charge in [0.15, 0.2) is 0 Å². The number of nitrogens with zero attached hydrogens (tertiary/aromatic N) is 4. The van der Waals surface area contributed by atoms with Crippen molar-refractivity contribution < 1.29 is 0 Å². The van der Waals surface area contributed by atoms with E-state index in [0.717, 1.165) is 5.69 Å². The zero-order valence-electron chi connectivity index (χ0n) is 7.38. The van der Waals surface area contributed by atoms with E-state index in [1.807, 2.05) is 19.1 Å². The van der Waals surface area contributed by atoms with Gasteiger partial charge in [0.05, 0.1) is 12.2 Å². The maximum atomic E-state index is 4.26. The van der Waals surface area contributed by atoms with Crippen molar-refractivity contribution in [3.63, 3.8) is 0 Å². The second-order valence-electron chi connectivity index (χ2n) is 2.86. The fraction of sp³-hybridized carbons (Fsp3) is 0.222. The SMILES string of the molecule is Cc1cccnc1Cn1cncn1. The van der Waals surface area contributed by atoms with Crippen LogP contribution in [0.1, 0.15) is 11.3 Å². The lowest BCUT2D eigenvalue weighted by molar-refractivity contribution is 0.667. The molecule has 2 heterocycles. The van der Waals surface area contributed by atoms with Crippen molar-refractivity contribution >= 4 is 0 Å². The van der Waals surface area contributed by atoms with Gasteiger partial charge >= 0.3 is 0 Å². The van der Waals surface area contributed by atoms with Crippen LogP contribution in [0.5, 0.6) is 0 Å². The van der Waals surface area contributed by atoms with Gasteiger partial charge in [0, 0.05) is 6.20 Å². The highest BCUT2D eigenvalue weighted by molar-refractivity contribution is 5.17. The summed E-state index contributed by atoms with van der Waals surface area (Å²) in [6, 6.07) is 3.97. The smallest absolute Gasteiger partial charge is 0.137 e. The molecule has 0 radical (unpaired) electrons. The maximum Gasteiger partial charge on any atom is 0.137 e. The fourth-order valence-corrected chi connectivity index (χ4v) is 1.15. The van der Waals surface area contributed by atoms with E-state index in [0.29, 0.717) is 6.54 Å². The molecule has 0 aliphatic heterocycles. The van der Waals surface area contributed by atoms with Crippen LogP contribution in [0.25, 0.3) is 0 Å². The molecule has 0 saturated heterocycles. The summed E-state index contributed by atoms with van der Waals surface area (Å²) in [6.07, 6.45) is 5.01. The van der Waals surface area contributed by atoms with Crippen molar-refractivity contribution in [3.8, 4) is 0 Å². The van der Waals surface area contributed by atoms with Gasteiger partial charge in [-0.15, -0.1) is 0 Å². The van der Waals surface area contributed by atoms with Gasteiger partial charge in [0.25, 0.3) is 0 Å². The van der Waals surface area contributed by atoms with E-state index >= 15 is 0 Å². The minimum absolute atomic E-state index is 0.687. The molecular weight excluding hydrogens is 164 g/mol. The van der Waals surface area contributed by atoms with Crippen LogP contribution in [0.3, 0.4) is 0 Å². The van der Waals surface area contributed by atoms with Gasteiger partial charge in [-0.1, -0.05) is 6.07 Å². The summed E-state index contributed by atoms with van der Waals surface area (Å²) in [6.45, 7) is 2.73. The van der Waals surface area contributed by atoms with Crippen molar-refractivity contribution in [2.75, 3.05) is 0 Å². The minimum atomic E-state index is 0.687. The van der Waals surface area contributed by atoms with Crippen LogP contribution in [-0.4, -0.2) is 19.7 Å². The first-order valence-corrected chi connectivity index (χ1v) is 4.09. The van der Waals surface area contributed by atoms with E-state index in [4.69, 9.17) is 0 Å². The number of aromatic nitrogens is 4. The first kappa shape index (κ1) is 7.91. The number of rotatable bonds is 2. The molecule has 2 rings (SSSR count). The molecule has 0 saturated carbocycles. The minimum Gasteiger partial charge on any atom is -0.259 e. The molecule has 0 aromatic carbocycles. The summed E-state index contributed by atoms with van der Waals surface area (Å²) >= 11 is 0. The molecule has 66 valence electrons. The van der Waals surface area contributed by atoms with Gasteiger partial charge in [-0.2, -0.15) is 5.10 Å². The molecule has 0 fully saturated rings. The molecule has 0 aliphatic rings. The average Bonchev–Trinajstić information content (AvgIpc) is 2.61. The molecule has 0 amide bonds. The third-order valence-corrected chi connectivity index (χ3v) is 1.90. The van der Waals surface area contributed by atoms with Gasteiger partial charge < -0.3 is 0 Å². The summed E-state index contributed by atoms with van der Waals surface area (Å²) < 4.78 is 1.76. The molecule has 13 heavy (non-hydrogen) atoms. The van der Waals surface area contributed by atoms with Crippen molar-refractivity contribution in [1.82, 2.24) is 19.7 Å². The molecule has 4 nitrogen and oxygen atoms in total. The predicted octanol–water partition coefficient (Wildman–Crippen LogP) is 1.03. The van der Waals surface area contributed by atoms with Gasteiger partial charge in [0.2, 0.25) is 0 Å². The molecule has 0 aliphatic carbocycles. The largest absolute Gasteiger partial charge is 0.259 e. The average molecular weight is 174 g/mol. The predicted molar refractivity (Wildman–Crippen MR) is 48.1 cm³/mol. The topological polar surface area (TPSA) is 43.6 Å². The van der Waals surface area contributed by atoms with Gasteiger partial charge in [-0.05, 0) is 18.6 Å². The Morgan fingerprint density at radius 1 is 1.46 bits per heavy atom. The number of aryl methyl sites for hydroxylation is 1. The van der Waals surface area contributed by atoms with Crippen LogP contribution in [0.2, 0.25) is 0 Å². The number of hydrogen-bond acceptors (Lipinski definition) is 3. The van der Waals surface area contributed by atoms with E-state index in [1.165, 1.54) is 11.9 Å². The number of hydrogen-bond donors (Lipinski definition) is 0. The molecule has 0 N–H and O–H groups in total. The van der Waals surface area contributed by atoms with Gasteiger partial charge in [-0.25, -0.2) is 9.67 Å². The molecule has 0 bridgehead atoms. The first-order valence-electron chi connectivity index (χ1n) is 4.09. The third kappa shape index (κ3) is 1.72. The van der Waals surface area contributed by atoms with Crippen molar-refractivity contribution in [1.29, 1.82) is 0 Å². The number of pyridine rings is 1. The zero-order chi connectivity index (χ0) is 9.10. The molecule has 4 heteroatoms. The van der Waals surface area contributed by atoms with Gasteiger partial charge in [0.1, 0.15) is 12.7 Å². The summed E-state index contributed by atoms with van der Waals surface area (Å²) in [5.74, 6) is 0. The summed E-state index contributed by atoms with van der Waals surface area (Å²) in [5, 5.41) is 4.02. The quantitative estimate of drug-likeness (QED) is 0.683. The van der Waals surface area contributed by atoms with E-state index in [1.54, 1.807) is 17.2 Å². The standard InChI is InChI=1S/C9H10N4/c1-8-3-2-4-11-9(8)5-13-7-10-6-12-13/h2-4,6-7H,5H2,1H3. The fourth-order valence-electron chi connectivity index (χ4n) is 1.15. The summed E-state index contributed by atoms with van der Waals surface area (Å²) in [5.41, 5.74) is 2.21. The highest BCUT2D eigenvalue weighted by Crippen LogP contribution is 2.03. The Morgan fingerprint density at radius 2 is 2.38 bits per heavy atom. The molecule has 2 aromatic rings. The molecular formula is C9H10N4. The third-order valence-electron chi connectivity index (χ3n) is 1.90. The van der Waals surface area contributed by atoms with Crippen LogP contribution in [0.4, 0.5) is 0 Å². The molecule has 0 spiro atoms. The Morgan fingerprint density at radius 3 is 3.08 bits per heavy atom. The first-order chi connectivity index (χ1) is 6.36. The Kier molecular flexibility index (Phi) is 2.04. The Labute approximate surface area is 76.3 Å². The van der Waals surface area contributed by atoms with E-state index in [9.17, 15) is 0 Å². The van der Waals surface area contributed by atoms with Crippen molar-refractivity contribution in [3.05, 3.63) is 42.2 Å². The highest BCUT2D eigenvalue weighted by atomic mass is 15.3. The molecule has 0 atom stereocenters. The lowest BCUT2D eigenvalue weighted by Gasteiger charge is -2.02. The monoisotopic (exact) mass is 174 g/mol. The van der Waals surface area contributed by atoms with Gasteiger partial charge in [-0.3, -0.25) is 4.98 Å². The van der Waals surface area contributed by atoms with Crippen LogP contribution in [-0.2, 0) is 6.54 Å². The van der Waals surface area contributed by atoms with Crippen LogP contribution in [0.15, 0.2) is 31.0 Å². The molecule has 2 aromatic heterocycles. The Hall–Kier alpha value is -1.71. The maximum absolute atomic E-state index is 4.26. The summed E-state index contributed by atoms with van der Waals surface area (Å²) in [4.78, 5) is 8.14. The van der Waals surface area contributed by atoms with E-state index in [2.05, 4.69) is 15.1 Å². The molecule has 0 unspecified atom stereocenters. The van der Waals surface area contributed by atoms with Crippen LogP contribution in [0, 0.1) is 6.92 Å². The lowest BCUT2D eigenvalue weighted by atomic mass is 10.2. The normalized spacial score (nSPS) is 10.2. The highest BCUT2D eigenvalue weighted by Gasteiger charge is 1.99. The zero-order valence-corrected chi connectivity index (χ0v) is 7.38. The van der Waals surface area contributed by atoms with E-state index < -0.39 is 0 Å². The van der Waals surface area contributed by atoms with Crippen molar-refractivity contribution in [2.45, 2.75) is 13.5 Å². The van der Waals surface area contributed by atoms with Crippen LogP contribution >= 0.6 is 0 Å². The van der Waals surface area contributed by atoms with Crippen molar-refractivity contribution in [2.24, 2.45) is 0 Å². The lowest BCUT2D eigenvalue weighted by Crippen LogP contribution is -2.03. The Bertz CT molecular complexity index is 380. The van der Waals surface area contributed by atoms with E-state index in [-0.39, 0.29) is 0 Å². The second kappa shape index (κ2) is 3.35. The Balaban J connectivity index is 2.24.